The van der Waals surface area contributed by atoms with Gasteiger partial charge in [-0.25, -0.2) is 9.78 Å². The zero-order chi connectivity index (χ0) is 16.4. The first kappa shape index (κ1) is 15.0. The van der Waals surface area contributed by atoms with Crippen LogP contribution >= 0.6 is 0 Å². The van der Waals surface area contributed by atoms with Crippen LogP contribution in [-0.4, -0.2) is 15.9 Å². The Balaban J connectivity index is 1.75. The first-order valence-corrected chi connectivity index (χ1v) is 6.47. The van der Waals surface area contributed by atoms with Gasteiger partial charge in [0.05, 0.1) is 11.1 Å². The van der Waals surface area contributed by atoms with Crippen LogP contribution < -0.4 is 0 Å². The fourth-order valence-electron chi connectivity index (χ4n) is 1.91. The number of fused-ring (bicyclic) bond motifs is 1. The second-order valence-electron chi connectivity index (χ2n) is 4.61. The molecule has 2 aromatic heterocycles. The smallest absolute Gasteiger partial charge is 0.416 e. The summed E-state index contributed by atoms with van der Waals surface area (Å²) in [4.78, 5) is 19.4. The molecule has 0 aliphatic heterocycles. The lowest BCUT2D eigenvalue weighted by atomic mass is 10.2. The molecule has 0 saturated carbocycles. The van der Waals surface area contributed by atoms with E-state index in [2.05, 4.69) is 9.97 Å². The van der Waals surface area contributed by atoms with E-state index in [0.29, 0.717) is 0 Å². The van der Waals surface area contributed by atoms with E-state index in [9.17, 15) is 18.0 Å². The molecular weight excluding hydrogens is 313 g/mol. The predicted octanol–water partition coefficient (Wildman–Crippen LogP) is 3.60. The summed E-state index contributed by atoms with van der Waals surface area (Å²) in [5.74, 6) is -0.618. The molecule has 0 saturated heterocycles. The number of rotatable bonds is 3. The van der Waals surface area contributed by atoms with Gasteiger partial charge in [0.2, 0.25) is 5.89 Å². The van der Waals surface area contributed by atoms with E-state index in [-0.39, 0.29) is 29.2 Å². The molecule has 1 aromatic carbocycles. The van der Waals surface area contributed by atoms with Gasteiger partial charge in [0.25, 0.3) is 0 Å². The fraction of sp³-hybridized carbons (Fsp3) is 0.133. The molecule has 3 rings (SSSR count). The maximum absolute atomic E-state index is 12.6. The van der Waals surface area contributed by atoms with Crippen LogP contribution in [0.2, 0.25) is 0 Å². The van der Waals surface area contributed by atoms with Gasteiger partial charge in [-0.15, -0.1) is 0 Å². The minimum absolute atomic E-state index is 0.0107. The Bertz CT molecular complexity index is 844. The van der Waals surface area contributed by atoms with Crippen molar-refractivity contribution in [1.29, 1.82) is 0 Å². The number of aromatic nitrogens is 2. The Hall–Kier alpha value is -2.90. The van der Waals surface area contributed by atoms with Crippen LogP contribution in [0.25, 0.3) is 11.1 Å². The van der Waals surface area contributed by atoms with Crippen LogP contribution in [0.5, 0.6) is 0 Å². The third-order valence-corrected chi connectivity index (χ3v) is 2.98. The molecule has 8 heteroatoms. The molecule has 0 radical (unpaired) electrons. The molecule has 0 N–H and O–H groups in total. The molecule has 0 aliphatic rings. The summed E-state index contributed by atoms with van der Waals surface area (Å²) in [5.41, 5.74) is -0.335. The molecule has 3 aromatic rings. The van der Waals surface area contributed by atoms with E-state index in [4.69, 9.17) is 9.15 Å². The summed E-state index contributed by atoms with van der Waals surface area (Å²) in [5, 5.41) is 0. The van der Waals surface area contributed by atoms with Gasteiger partial charge < -0.3 is 9.15 Å². The number of hydrogen-bond donors (Lipinski definition) is 0. The molecule has 5 nitrogen and oxygen atoms in total. The van der Waals surface area contributed by atoms with Gasteiger partial charge in [-0.05, 0) is 30.3 Å². The van der Waals surface area contributed by atoms with E-state index < -0.39 is 17.7 Å². The van der Waals surface area contributed by atoms with Gasteiger partial charge in [-0.2, -0.15) is 13.2 Å². The number of ether oxygens (including phenoxy) is 1. The van der Waals surface area contributed by atoms with Crippen molar-refractivity contribution in [3.8, 4) is 0 Å². The van der Waals surface area contributed by atoms with Crippen molar-refractivity contribution in [1.82, 2.24) is 9.97 Å². The molecule has 0 atom stereocenters. The molecular formula is C15H9F3N2O3. The summed E-state index contributed by atoms with van der Waals surface area (Å²) in [7, 11) is 0. The summed E-state index contributed by atoms with van der Waals surface area (Å²) in [6.07, 6.45) is -1.61. The average Bonchev–Trinajstić information content (AvgIpc) is 2.94. The van der Waals surface area contributed by atoms with E-state index in [0.717, 1.165) is 12.1 Å². The molecule has 0 bridgehead atoms. The lowest BCUT2D eigenvalue weighted by Crippen LogP contribution is -2.05. The van der Waals surface area contributed by atoms with Gasteiger partial charge in [0, 0.05) is 12.4 Å². The van der Waals surface area contributed by atoms with Crippen LogP contribution in [0.1, 0.15) is 21.8 Å². The van der Waals surface area contributed by atoms with E-state index in [1.54, 1.807) is 6.07 Å². The minimum Gasteiger partial charge on any atom is -0.452 e. The zero-order valence-corrected chi connectivity index (χ0v) is 11.5. The Labute approximate surface area is 127 Å². The first-order chi connectivity index (χ1) is 10.9. The highest BCUT2D eigenvalue weighted by Gasteiger charge is 2.31. The minimum atomic E-state index is -4.46. The maximum Gasteiger partial charge on any atom is 0.416 e. The van der Waals surface area contributed by atoms with Crippen molar-refractivity contribution < 1.29 is 27.1 Å². The average molecular weight is 322 g/mol. The highest BCUT2D eigenvalue weighted by molar-refractivity contribution is 5.88. The zero-order valence-electron chi connectivity index (χ0n) is 11.5. The largest absolute Gasteiger partial charge is 0.452 e. The number of nitrogens with zero attached hydrogens (tertiary/aromatic N) is 2. The number of hydrogen-bond acceptors (Lipinski definition) is 5. The number of carbonyl (C=O) groups is 1. The SMILES string of the molecule is O=C(OCc1nc2cc(C(F)(F)F)ccc2o1)c1cccnc1. The van der Waals surface area contributed by atoms with Gasteiger partial charge in [-0.1, -0.05) is 0 Å². The Morgan fingerprint density at radius 3 is 2.78 bits per heavy atom. The quantitative estimate of drug-likeness (QED) is 0.689. The summed E-state index contributed by atoms with van der Waals surface area (Å²) in [6, 6.07) is 6.06. The highest BCUT2D eigenvalue weighted by Crippen LogP contribution is 2.31. The summed E-state index contributed by atoms with van der Waals surface area (Å²) < 4.78 is 48.1. The molecule has 0 unspecified atom stereocenters. The van der Waals surface area contributed by atoms with Crippen LogP contribution in [-0.2, 0) is 17.5 Å². The van der Waals surface area contributed by atoms with E-state index in [1.165, 1.54) is 24.5 Å². The number of oxazole rings is 1. The van der Waals surface area contributed by atoms with Crippen LogP contribution in [0.3, 0.4) is 0 Å². The van der Waals surface area contributed by atoms with Crippen LogP contribution in [0, 0.1) is 0 Å². The van der Waals surface area contributed by atoms with Gasteiger partial charge in [-0.3, -0.25) is 4.98 Å². The number of halogens is 3. The summed E-state index contributed by atoms with van der Waals surface area (Å²) in [6.45, 7) is -0.288. The van der Waals surface area contributed by atoms with Gasteiger partial charge in [0.15, 0.2) is 12.2 Å². The van der Waals surface area contributed by atoms with E-state index in [1.807, 2.05) is 0 Å². The Morgan fingerprint density at radius 1 is 1.26 bits per heavy atom. The van der Waals surface area contributed by atoms with Gasteiger partial charge in [0.1, 0.15) is 5.52 Å². The second-order valence-corrected chi connectivity index (χ2v) is 4.61. The van der Waals surface area contributed by atoms with Gasteiger partial charge >= 0.3 is 12.1 Å². The normalized spacial score (nSPS) is 11.6. The number of pyridine rings is 1. The number of alkyl halides is 3. The molecule has 118 valence electrons. The Kier molecular flexibility index (Phi) is 3.73. The monoisotopic (exact) mass is 322 g/mol. The summed E-state index contributed by atoms with van der Waals surface area (Å²) >= 11 is 0. The fourth-order valence-corrected chi connectivity index (χ4v) is 1.91. The van der Waals surface area contributed by atoms with Crippen LogP contribution in [0.4, 0.5) is 13.2 Å². The second kappa shape index (κ2) is 5.71. The maximum atomic E-state index is 12.6. The number of benzene rings is 1. The molecule has 0 fully saturated rings. The van der Waals surface area contributed by atoms with Crippen molar-refractivity contribution in [2.75, 3.05) is 0 Å². The van der Waals surface area contributed by atoms with Crippen molar-refractivity contribution in [3.05, 3.63) is 59.7 Å². The number of esters is 1. The highest BCUT2D eigenvalue weighted by atomic mass is 19.4. The molecule has 0 aliphatic carbocycles. The lowest BCUT2D eigenvalue weighted by molar-refractivity contribution is -0.137. The van der Waals surface area contributed by atoms with Crippen molar-refractivity contribution in [3.63, 3.8) is 0 Å². The van der Waals surface area contributed by atoms with Crippen molar-refractivity contribution in [2.45, 2.75) is 12.8 Å². The molecule has 2 heterocycles. The Morgan fingerprint density at radius 2 is 2.09 bits per heavy atom. The lowest BCUT2D eigenvalue weighted by Gasteiger charge is -2.04. The van der Waals surface area contributed by atoms with E-state index >= 15 is 0 Å². The standard InChI is InChI=1S/C15H9F3N2O3/c16-15(17,18)10-3-4-12-11(6-10)20-13(23-12)8-22-14(21)9-2-1-5-19-7-9/h1-7H,8H2. The van der Waals surface area contributed by atoms with Crippen molar-refractivity contribution >= 4 is 17.1 Å². The first-order valence-electron chi connectivity index (χ1n) is 6.47. The molecule has 0 spiro atoms. The number of carbonyl (C=O) groups excluding carboxylic acids is 1. The van der Waals surface area contributed by atoms with Crippen LogP contribution in [0.15, 0.2) is 47.1 Å². The third kappa shape index (κ3) is 3.31. The predicted molar refractivity (Wildman–Crippen MR) is 72.4 cm³/mol. The molecule has 0 amide bonds. The molecule has 23 heavy (non-hydrogen) atoms. The third-order valence-electron chi connectivity index (χ3n) is 2.98. The topological polar surface area (TPSA) is 65.2 Å². The van der Waals surface area contributed by atoms with Crippen molar-refractivity contribution in [2.24, 2.45) is 0 Å².